The van der Waals surface area contributed by atoms with Crippen LogP contribution in [-0.4, -0.2) is 10.9 Å². The third kappa shape index (κ3) is 1.58. The molecule has 90 valence electrons. The lowest BCUT2D eigenvalue weighted by Crippen LogP contribution is -2.41. The molecule has 1 N–H and O–H groups in total. The van der Waals surface area contributed by atoms with Crippen LogP contribution in [0.5, 0.6) is 5.75 Å². The van der Waals surface area contributed by atoms with E-state index in [9.17, 15) is 9.90 Å². The van der Waals surface area contributed by atoms with Gasteiger partial charge in [-0.3, -0.25) is 4.79 Å². The molecule has 0 aliphatic heterocycles. The van der Waals surface area contributed by atoms with Gasteiger partial charge in [-0.1, -0.05) is 13.0 Å². The Morgan fingerprint density at radius 2 is 2.18 bits per heavy atom. The molecule has 0 aromatic heterocycles. The first kappa shape index (κ1) is 10.8. The number of hydrogen-bond donors (Lipinski definition) is 1. The standard InChI is InChI=1S/C15H18O2/c1-15-7-6-13(17)9-11(15)3-2-10-8-12(16)4-5-14(10)15/h4-5,8,11,16H,2-3,6-7,9H2,1H3. The molecule has 2 nitrogen and oxygen atoms in total. The van der Waals surface area contributed by atoms with Gasteiger partial charge in [0, 0.05) is 12.8 Å². The minimum atomic E-state index is 0.148. The molecular weight excluding hydrogens is 212 g/mol. The van der Waals surface area contributed by atoms with Gasteiger partial charge in [0.05, 0.1) is 0 Å². The highest BCUT2D eigenvalue weighted by Crippen LogP contribution is 2.49. The number of phenols is 1. The molecule has 0 amide bonds. The van der Waals surface area contributed by atoms with Crippen LogP contribution in [0.4, 0.5) is 0 Å². The van der Waals surface area contributed by atoms with Gasteiger partial charge < -0.3 is 5.11 Å². The molecule has 1 aromatic rings. The van der Waals surface area contributed by atoms with Crippen LogP contribution in [0.15, 0.2) is 18.2 Å². The second-order valence-corrected chi connectivity index (χ2v) is 5.74. The van der Waals surface area contributed by atoms with Crippen molar-refractivity contribution in [3.8, 4) is 5.75 Å². The van der Waals surface area contributed by atoms with Crippen molar-refractivity contribution in [1.82, 2.24) is 0 Å². The minimum absolute atomic E-state index is 0.148. The zero-order valence-electron chi connectivity index (χ0n) is 10.2. The molecule has 1 saturated carbocycles. The summed E-state index contributed by atoms with van der Waals surface area (Å²) in [6.45, 7) is 2.29. The normalized spacial score (nSPS) is 31.8. The molecule has 17 heavy (non-hydrogen) atoms. The molecule has 2 aliphatic carbocycles. The van der Waals surface area contributed by atoms with Crippen molar-refractivity contribution in [2.75, 3.05) is 0 Å². The predicted octanol–water partition coefficient (Wildman–Crippen LogP) is 2.97. The van der Waals surface area contributed by atoms with Crippen molar-refractivity contribution < 1.29 is 9.90 Å². The van der Waals surface area contributed by atoms with E-state index in [4.69, 9.17) is 0 Å². The van der Waals surface area contributed by atoms with E-state index < -0.39 is 0 Å². The lowest BCUT2D eigenvalue weighted by atomic mass is 9.58. The van der Waals surface area contributed by atoms with E-state index in [1.165, 1.54) is 11.1 Å². The maximum atomic E-state index is 11.6. The fourth-order valence-electron chi connectivity index (χ4n) is 3.65. The Morgan fingerprint density at radius 1 is 1.35 bits per heavy atom. The Hall–Kier alpha value is -1.31. The first-order valence-corrected chi connectivity index (χ1v) is 6.44. The number of benzene rings is 1. The number of aryl methyl sites for hydroxylation is 1. The van der Waals surface area contributed by atoms with Crippen LogP contribution in [0.25, 0.3) is 0 Å². The average molecular weight is 230 g/mol. The largest absolute Gasteiger partial charge is 0.508 e. The fourth-order valence-corrected chi connectivity index (χ4v) is 3.65. The Kier molecular flexibility index (Phi) is 2.29. The summed E-state index contributed by atoms with van der Waals surface area (Å²) < 4.78 is 0. The predicted molar refractivity (Wildman–Crippen MR) is 66.1 cm³/mol. The van der Waals surface area contributed by atoms with Crippen LogP contribution in [0.1, 0.15) is 43.7 Å². The van der Waals surface area contributed by atoms with Crippen molar-refractivity contribution in [2.45, 2.75) is 44.4 Å². The number of rotatable bonds is 0. The molecule has 2 atom stereocenters. The number of fused-ring (bicyclic) bond motifs is 3. The van der Waals surface area contributed by atoms with Gasteiger partial charge in [-0.15, -0.1) is 0 Å². The van der Waals surface area contributed by atoms with Gasteiger partial charge in [-0.25, -0.2) is 0 Å². The van der Waals surface area contributed by atoms with Crippen molar-refractivity contribution >= 4 is 5.78 Å². The van der Waals surface area contributed by atoms with Crippen molar-refractivity contribution in [1.29, 1.82) is 0 Å². The molecule has 0 bridgehead atoms. The highest BCUT2D eigenvalue weighted by atomic mass is 16.3. The molecule has 2 heteroatoms. The summed E-state index contributed by atoms with van der Waals surface area (Å²) in [6, 6.07) is 5.74. The van der Waals surface area contributed by atoms with E-state index in [0.29, 0.717) is 23.9 Å². The molecule has 0 radical (unpaired) electrons. The number of carbonyl (C=O) groups excluding carboxylic acids is 1. The molecule has 3 rings (SSSR count). The van der Waals surface area contributed by atoms with E-state index in [2.05, 4.69) is 13.0 Å². The lowest BCUT2D eigenvalue weighted by molar-refractivity contribution is -0.123. The topological polar surface area (TPSA) is 37.3 Å². The van der Waals surface area contributed by atoms with Crippen LogP contribution in [0, 0.1) is 5.92 Å². The van der Waals surface area contributed by atoms with E-state index >= 15 is 0 Å². The maximum Gasteiger partial charge on any atom is 0.133 e. The second-order valence-electron chi connectivity index (χ2n) is 5.74. The van der Waals surface area contributed by atoms with Gasteiger partial charge in [0.2, 0.25) is 0 Å². The Bertz CT molecular complexity index is 478. The lowest BCUT2D eigenvalue weighted by Gasteiger charge is -2.46. The number of Topliss-reactive ketones (excluding diaryl/α,β-unsaturated/α-hetero) is 1. The van der Waals surface area contributed by atoms with Crippen molar-refractivity contribution in [3.63, 3.8) is 0 Å². The molecule has 1 fully saturated rings. The molecule has 1 aromatic carbocycles. The third-order valence-electron chi connectivity index (χ3n) is 4.76. The first-order valence-electron chi connectivity index (χ1n) is 6.44. The summed E-state index contributed by atoms with van der Waals surface area (Å²) >= 11 is 0. The average Bonchev–Trinajstić information content (AvgIpc) is 2.30. The number of hydrogen-bond acceptors (Lipinski definition) is 2. The molecule has 0 saturated heterocycles. The third-order valence-corrected chi connectivity index (χ3v) is 4.76. The smallest absolute Gasteiger partial charge is 0.133 e. The van der Waals surface area contributed by atoms with E-state index in [-0.39, 0.29) is 5.41 Å². The van der Waals surface area contributed by atoms with Gasteiger partial charge >= 0.3 is 0 Å². The summed E-state index contributed by atoms with van der Waals surface area (Å²) in [5.74, 6) is 1.29. The molecular formula is C15H18O2. The number of aromatic hydroxyl groups is 1. The summed E-state index contributed by atoms with van der Waals surface area (Å²) in [5, 5.41) is 9.56. The van der Waals surface area contributed by atoms with Gasteiger partial charge in [-0.2, -0.15) is 0 Å². The van der Waals surface area contributed by atoms with Crippen molar-refractivity contribution in [3.05, 3.63) is 29.3 Å². The van der Waals surface area contributed by atoms with Crippen LogP contribution in [-0.2, 0) is 16.6 Å². The second kappa shape index (κ2) is 3.59. The van der Waals surface area contributed by atoms with Crippen LogP contribution in [0.3, 0.4) is 0 Å². The maximum absolute atomic E-state index is 11.6. The highest BCUT2D eigenvalue weighted by molar-refractivity contribution is 5.80. The van der Waals surface area contributed by atoms with E-state index in [0.717, 1.165) is 25.7 Å². The van der Waals surface area contributed by atoms with Gasteiger partial charge in [0.1, 0.15) is 11.5 Å². The zero-order valence-corrected chi connectivity index (χ0v) is 10.2. The van der Waals surface area contributed by atoms with E-state index in [1.54, 1.807) is 6.07 Å². The number of phenolic OH excluding ortho intramolecular Hbond substituents is 1. The van der Waals surface area contributed by atoms with E-state index in [1.807, 2.05) is 6.07 Å². The molecule has 2 aliphatic rings. The number of carbonyl (C=O) groups is 1. The Balaban J connectivity index is 2.07. The van der Waals surface area contributed by atoms with Crippen molar-refractivity contribution in [2.24, 2.45) is 5.92 Å². The van der Waals surface area contributed by atoms with Crippen LogP contribution in [0.2, 0.25) is 0 Å². The zero-order chi connectivity index (χ0) is 12.0. The summed E-state index contributed by atoms with van der Waals surface area (Å²) in [7, 11) is 0. The monoisotopic (exact) mass is 230 g/mol. The SMILES string of the molecule is CC12CCC(=O)CC1CCc1cc(O)ccc12. The Morgan fingerprint density at radius 3 is 3.00 bits per heavy atom. The van der Waals surface area contributed by atoms with Crippen LogP contribution >= 0.6 is 0 Å². The fraction of sp³-hybridized carbons (Fsp3) is 0.533. The minimum Gasteiger partial charge on any atom is -0.508 e. The van der Waals surface area contributed by atoms with Gasteiger partial charge in [0.25, 0.3) is 0 Å². The van der Waals surface area contributed by atoms with Crippen LogP contribution < -0.4 is 0 Å². The van der Waals surface area contributed by atoms with Gasteiger partial charge in [-0.05, 0) is 53.9 Å². The Labute approximate surface area is 102 Å². The molecule has 2 unspecified atom stereocenters. The first-order chi connectivity index (χ1) is 8.09. The highest BCUT2D eigenvalue weighted by Gasteiger charge is 2.43. The summed E-state index contributed by atoms with van der Waals surface area (Å²) in [5.41, 5.74) is 2.78. The summed E-state index contributed by atoms with van der Waals surface area (Å²) in [6.07, 6.45) is 4.51. The molecule has 0 spiro atoms. The number of ketones is 1. The quantitative estimate of drug-likeness (QED) is 0.744. The molecule has 0 heterocycles. The van der Waals surface area contributed by atoms with Gasteiger partial charge in [0.15, 0.2) is 0 Å². The summed E-state index contributed by atoms with van der Waals surface area (Å²) in [4.78, 5) is 11.6.